The molecule has 1 atom stereocenters. The Morgan fingerprint density at radius 2 is 1.85 bits per heavy atom. The highest BCUT2D eigenvalue weighted by molar-refractivity contribution is 6.00. The molecule has 0 bridgehead atoms. The van der Waals surface area contributed by atoms with Gasteiger partial charge in [-0.2, -0.15) is 0 Å². The third kappa shape index (κ3) is 4.86. The number of fused-ring (bicyclic) bond motifs is 1. The maximum absolute atomic E-state index is 12.8. The van der Waals surface area contributed by atoms with Crippen molar-refractivity contribution in [3.63, 3.8) is 0 Å². The summed E-state index contributed by atoms with van der Waals surface area (Å²) < 4.78 is 5.64. The van der Waals surface area contributed by atoms with Gasteiger partial charge in [0.25, 0.3) is 0 Å². The average molecular weight is 368 g/mol. The molecule has 2 aromatic rings. The zero-order valence-electron chi connectivity index (χ0n) is 15.8. The van der Waals surface area contributed by atoms with Crippen molar-refractivity contribution in [3.05, 3.63) is 60.2 Å². The molecule has 27 heavy (non-hydrogen) atoms. The summed E-state index contributed by atoms with van der Waals surface area (Å²) in [5.41, 5.74) is 1.70. The number of carbonyl (C=O) groups excluding carboxylic acids is 2. The van der Waals surface area contributed by atoms with Crippen molar-refractivity contribution in [2.75, 3.05) is 38.7 Å². The van der Waals surface area contributed by atoms with Gasteiger partial charge in [-0.15, -0.1) is 0 Å². The monoisotopic (exact) mass is 368 g/mol. The molecule has 6 nitrogen and oxygen atoms in total. The van der Waals surface area contributed by atoms with E-state index in [4.69, 9.17) is 4.74 Å². The Labute approximate surface area is 159 Å². The molecule has 142 valence electrons. The first-order chi connectivity index (χ1) is 13.0. The second-order valence-electron chi connectivity index (χ2n) is 6.99. The Morgan fingerprint density at radius 3 is 2.59 bits per heavy atom. The second-order valence-corrected chi connectivity index (χ2v) is 6.99. The van der Waals surface area contributed by atoms with Crippen LogP contribution in [0.2, 0.25) is 0 Å². The van der Waals surface area contributed by atoms with Gasteiger partial charge >= 0.3 is 0 Å². The molecular formula is C21H26N3O3+. The summed E-state index contributed by atoms with van der Waals surface area (Å²) in [6.45, 7) is 1.05. The van der Waals surface area contributed by atoms with Crippen molar-refractivity contribution < 1.29 is 19.2 Å². The molecule has 0 unspecified atom stereocenters. The number of nitrogens with zero attached hydrogens (tertiary/aromatic N) is 1. The smallest absolute Gasteiger partial charge is 0.240 e. The van der Waals surface area contributed by atoms with Crippen LogP contribution in [0.3, 0.4) is 0 Å². The summed E-state index contributed by atoms with van der Waals surface area (Å²) in [6, 6.07) is 17.1. The molecule has 1 aliphatic rings. The molecule has 2 aromatic carbocycles. The van der Waals surface area contributed by atoms with E-state index in [1.807, 2.05) is 68.7 Å². The number of rotatable bonds is 6. The van der Waals surface area contributed by atoms with Gasteiger partial charge in [0.05, 0.1) is 32.8 Å². The van der Waals surface area contributed by atoms with E-state index in [9.17, 15) is 9.59 Å². The second kappa shape index (κ2) is 8.68. The predicted octanol–water partition coefficient (Wildman–Crippen LogP) is 0.804. The lowest BCUT2D eigenvalue weighted by molar-refractivity contribution is -0.860. The molecule has 0 fully saturated rings. The van der Waals surface area contributed by atoms with Crippen molar-refractivity contribution in [1.82, 2.24) is 5.32 Å². The summed E-state index contributed by atoms with van der Waals surface area (Å²) in [5.74, 6) is 0.341. The van der Waals surface area contributed by atoms with Gasteiger partial charge in [-0.05, 0) is 17.7 Å². The van der Waals surface area contributed by atoms with Crippen LogP contribution in [0.25, 0.3) is 0 Å². The Balaban J connectivity index is 1.76. The molecule has 2 N–H and O–H groups in total. The zero-order valence-corrected chi connectivity index (χ0v) is 15.8. The number of ether oxygens (including phenoxy) is 1. The van der Waals surface area contributed by atoms with Crippen LogP contribution in [-0.2, 0) is 9.59 Å². The lowest BCUT2D eigenvalue weighted by atomic mass is 10.1. The fourth-order valence-corrected chi connectivity index (χ4v) is 3.22. The largest absolute Gasteiger partial charge is 0.491 e. The predicted molar refractivity (Wildman–Crippen MR) is 104 cm³/mol. The molecule has 0 aromatic heterocycles. The third-order valence-electron chi connectivity index (χ3n) is 4.48. The molecule has 1 aliphatic heterocycles. The highest BCUT2D eigenvalue weighted by Crippen LogP contribution is 2.30. The Kier molecular flexibility index (Phi) is 6.08. The molecule has 3 rings (SSSR count). The summed E-state index contributed by atoms with van der Waals surface area (Å²) in [7, 11) is 4.10. The van der Waals surface area contributed by atoms with Crippen LogP contribution in [0.5, 0.6) is 5.75 Å². The normalized spacial score (nSPS) is 14.9. The van der Waals surface area contributed by atoms with Gasteiger partial charge in [0.15, 0.2) is 0 Å². The van der Waals surface area contributed by atoms with Crippen LogP contribution in [0.15, 0.2) is 54.6 Å². The number of anilines is 1. The van der Waals surface area contributed by atoms with Crippen LogP contribution < -0.4 is 19.9 Å². The van der Waals surface area contributed by atoms with E-state index < -0.39 is 0 Å². The molecule has 0 aliphatic carbocycles. The van der Waals surface area contributed by atoms with E-state index in [1.54, 1.807) is 0 Å². The fourth-order valence-electron chi connectivity index (χ4n) is 3.22. The molecular weight excluding hydrogens is 342 g/mol. The van der Waals surface area contributed by atoms with E-state index in [1.165, 1.54) is 9.80 Å². The fraction of sp³-hybridized carbons (Fsp3) is 0.333. The van der Waals surface area contributed by atoms with E-state index in [0.717, 1.165) is 12.1 Å². The van der Waals surface area contributed by atoms with Gasteiger partial charge in [0.2, 0.25) is 11.8 Å². The molecule has 0 saturated carbocycles. The van der Waals surface area contributed by atoms with Crippen molar-refractivity contribution >= 4 is 17.5 Å². The van der Waals surface area contributed by atoms with Crippen molar-refractivity contribution in [2.24, 2.45) is 0 Å². The van der Waals surface area contributed by atoms with E-state index in [2.05, 4.69) is 5.32 Å². The Bertz CT molecular complexity index is 792. The number of hydrogen-bond acceptors (Lipinski definition) is 3. The van der Waals surface area contributed by atoms with Gasteiger partial charge in [-0.25, -0.2) is 0 Å². The Morgan fingerprint density at radius 1 is 1.15 bits per heavy atom. The lowest BCUT2D eigenvalue weighted by Gasteiger charge is -2.24. The molecule has 2 amide bonds. The molecule has 6 heteroatoms. The van der Waals surface area contributed by atoms with Crippen LogP contribution >= 0.6 is 0 Å². The SMILES string of the molecule is C[NH+](C)C[C@H](NC(=O)CN1C(=O)CCOc2ccccc21)c1ccccc1. The number of benzene rings is 2. The molecule has 0 spiro atoms. The number of amides is 2. The van der Waals surface area contributed by atoms with Crippen LogP contribution in [0, 0.1) is 0 Å². The number of hydrogen-bond donors (Lipinski definition) is 2. The first-order valence-electron chi connectivity index (χ1n) is 9.20. The van der Waals surface area contributed by atoms with E-state index >= 15 is 0 Å². The third-order valence-corrected chi connectivity index (χ3v) is 4.48. The van der Waals surface area contributed by atoms with Crippen LogP contribution in [0.1, 0.15) is 18.0 Å². The minimum absolute atomic E-state index is 0.0225. The number of nitrogens with one attached hydrogen (secondary N) is 2. The number of carbonyl (C=O) groups is 2. The zero-order chi connectivity index (χ0) is 19.2. The first-order valence-corrected chi connectivity index (χ1v) is 9.20. The van der Waals surface area contributed by atoms with Gasteiger partial charge < -0.3 is 15.0 Å². The minimum Gasteiger partial charge on any atom is -0.491 e. The van der Waals surface area contributed by atoms with Crippen LogP contribution in [-0.4, -0.2) is 45.6 Å². The molecule has 0 radical (unpaired) electrons. The maximum atomic E-state index is 12.8. The number of para-hydroxylation sites is 2. The highest BCUT2D eigenvalue weighted by Gasteiger charge is 2.26. The van der Waals surface area contributed by atoms with Gasteiger partial charge in [-0.1, -0.05) is 42.5 Å². The standard InChI is InChI=1S/C21H25N3O3/c1-23(2)14-17(16-8-4-3-5-9-16)22-20(25)15-24-18-10-6-7-11-19(18)27-13-12-21(24)26/h3-11,17H,12-15H2,1-2H3,(H,22,25)/p+1/t17-/m0/s1. The van der Waals surface area contributed by atoms with Crippen molar-refractivity contribution in [1.29, 1.82) is 0 Å². The number of likely N-dealkylation sites (N-methyl/N-ethyl adjacent to an activating group) is 1. The molecule has 0 saturated heterocycles. The quantitative estimate of drug-likeness (QED) is 0.793. The topological polar surface area (TPSA) is 63.1 Å². The van der Waals surface area contributed by atoms with Gasteiger partial charge in [0.1, 0.15) is 24.9 Å². The van der Waals surface area contributed by atoms with Crippen LogP contribution in [0.4, 0.5) is 5.69 Å². The average Bonchev–Trinajstić information content (AvgIpc) is 2.81. The molecule has 1 heterocycles. The van der Waals surface area contributed by atoms with E-state index in [0.29, 0.717) is 18.0 Å². The van der Waals surface area contributed by atoms with Crippen molar-refractivity contribution in [3.8, 4) is 5.75 Å². The van der Waals surface area contributed by atoms with Gasteiger partial charge in [-0.3, -0.25) is 14.5 Å². The summed E-state index contributed by atoms with van der Waals surface area (Å²) in [6.07, 6.45) is 0.256. The summed E-state index contributed by atoms with van der Waals surface area (Å²) in [4.78, 5) is 28.0. The lowest BCUT2D eigenvalue weighted by Crippen LogP contribution is -3.06. The van der Waals surface area contributed by atoms with Crippen molar-refractivity contribution in [2.45, 2.75) is 12.5 Å². The summed E-state index contributed by atoms with van der Waals surface area (Å²) in [5, 5.41) is 3.09. The first kappa shape index (κ1) is 18.9. The van der Waals surface area contributed by atoms with Gasteiger partial charge in [0, 0.05) is 0 Å². The maximum Gasteiger partial charge on any atom is 0.240 e. The summed E-state index contributed by atoms with van der Waals surface area (Å²) >= 11 is 0. The minimum atomic E-state index is -0.185. The Hall–Kier alpha value is -2.86. The highest BCUT2D eigenvalue weighted by atomic mass is 16.5. The number of quaternary nitrogens is 1. The van der Waals surface area contributed by atoms with E-state index in [-0.39, 0.29) is 30.8 Å².